The maximum absolute atomic E-state index is 12.4. The number of amides is 1. The summed E-state index contributed by atoms with van der Waals surface area (Å²) in [4.78, 5) is 12.4. The van der Waals surface area contributed by atoms with Crippen LogP contribution in [0.25, 0.3) is 5.70 Å². The van der Waals surface area contributed by atoms with Gasteiger partial charge < -0.3 is 5.32 Å². The number of aryl methyl sites for hydroxylation is 1. The monoisotopic (exact) mass is 319 g/mol. The van der Waals surface area contributed by atoms with Crippen molar-refractivity contribution in [3.63, 3.8) is 0 Å². The largest absolute Gasteiger partial charge is 0.346 e. The molecule has 0 aliphatic rings. The molecule has 0 aliphatic heterocycles. The maximum Gasteiger partial charge on any atom is 0.255 e. The molecule has 0 saturated heterocycles. The Labute approximate surface area is 138 Å². The molecule has 1 aromatic heterocycles. The van der Waals surface area contributed by atoms with Gasteiger partial charge in [0.1, 0.15) is 0 Å². The van der Waals surface area contributed by atoms with Crippen molar-refractivity contribution in [2.75, 3.05) is 5.75 Å². The number of carbonyl (C=O) groups excluding carboxylic acids is 1. The summed E-state index contributed by atoms with van der Waals surface area (Å²) in [5.41, 5.74) is 1.76. The Kier molecular flexibility index (Phi) is 6.68. The van der Waals surface area contributed by atoms with Crippen LogP contribution < -0.4 is 5.32 Å². The Morgan fingerprint density at radius 1 is 1.55 bits per heavy atom. The first kappa shape index (κ1) is 18.3. The van der Waals surface area contributed by atoms with E-state index in [4.69, 9.17) is 0 Å². The number of hydrogen-bond acceptors (Lipinski definition) is 3. The van der Waals surface area contributed by atoms with Crippen LogP contribution in [0.1, 0.15) is 43.2 Å². The van der Waals surface area contributed by atoms with Gasteiger partial charge in [0.25, 0.3) is 5.91 Å². The molecule has 0 unspecified atom stereocenters. The van der Waals surface area contributed by atoms with Crippen LogP contribution >= 0.6 is 12.6 Å². The van der Waals surface area contributed by atoms with Crippen molar-refractivity contribution >= 4 is 24.2 Å². The number of hydrogen-bond donors (Lipinski definition) is 2. The Morgan fingerprint density at radius 2 is 2.23 bits per heavy atom. The third-order valence-corrected chi connectivity index (χ3v) is 3.86. The molecule has 22 heavy (non-hydrogen) atoms. The van der Waals surface area contributed by atoms with E-state index in [0.29, 0.717) is 17.0 Å². The quantitative estimate of drug-likeness (QED) is 0.595. The number of carbonyl (C=O) groups is 1. The Hall–Kier alpha value is -1.75. The van der Waals surface area contributed by atoms with Gasteiger partial charge in [0.2, 0.25) is 0 Å². The van der Waals surface area contributed by atoms with E-state index in [-0.39, 0.29) is 11.4 Å². The average Bonchev–Trinajstić information content (AvgIpc) is 2.85. The van der Waals surface area contributed by atoms with Gasteiger partial charge in [-0.25, -0.2) is 4.68 Å². The fourth-order valence-electron chi connectivity index (χ4n) is 1.80. The molecule has 0 saturated carbocycles. The summed E-state index contributed by atoms with van der Waals surface area (Å²) in [5.74, 6) is 0.424. The van der Waals surface area contributed by atoms with E-state index < -0.39 is 0 Å². The summed E-state index contributed by atoms with van der Waals surface area (Å²) >= 11 is 4.25. The van der Waals surface area contributed by atoms with Crippen LogP contribution in [0.5, 0.6) is 0 Å². The number of aromatic nitrogens is 2. The van der Waals surface area contributed by atoms with Crippen LogP contribution in [0, 0.1) is 6.92 Å². The lowest BCUT2D eigenvalue weighted by Gasteiger charge is -2.23. The lowest BCUT2D eigenvalue weighted by atomic mass is 10.1. The van der Waals surface area contributed by atoms with Gasteiger partial charge >= 0.3 is 0 Å². The van der Waals surface area contributed by atoms with Crippen molar-refractivity contribution in [1.82, 2.24) is 15.1 Å². The Bertz CT molecular complexity index is 597. The SMILES string of the molecule is C=C/C=C(\C=C/CC)n1cc(C(=O)NC(C)(C)CS)c(C)n1. The number of nitrogens with zero attached hydrogens (tertiary/aromatic N) is 2. The van der Waals surface area contributed by atoms with Crippen molar-refractivity contribution in [2.24, 2.45) is 0 Å². The van der Waals surface area contributed by atoms with Gasteiger partial charge in [-0.2, -0.15) is 17.7 Å². The number of allylic oxidation sites excluding steroid dienone is 5. The molecular formula is C17H25N3OS. The van der Waals surface area contributed by atoms with Crippen molar-refractivity contribution in [1.29, 1.82) is 0 Å². The minimum Gasteiger partial charge on any atom is -0.346 e. The Balaban J connectivity index is 3.09. The molecule has 1 aromatic rings. The van der Waals surface area contributed by atoms with Gasteiger partial charge in [-0.3, -0.25) is 4.79 Å². The third-order valence-electron chi connectivity index (χ3n) is 3.07. The molecular weight excluding hydrogens is 294 g/mol. The highest BCUT2D eigenvalue weighted by Crippen LogP contribution is 2.14. The first-order valence-corrected chi connectivity index (χ1v) is 7.97. The molecule has 0 bridgehead atoms. The lowest BCUT2D eigenvalue weighted by molar-refractivity contribution is 0.0920. The summed E-state index contributed by atoms with van der Waals surface area (Å²) in [6, 6.07) is 0. The van der Waals surface area contributed by atoms with E-state index in [0.717, 1.165) is 12.1 Å². The minimum atomic E-state index is -0.364. The van der Waals surface area contributed by atoms with E-state index in [9.17, 15) is 4.79 Å². The highest BCUT2D eigenvalue weighted by atomic mass is 32.1. The average molecular weight is 319 g/mol. The smallest absolute Gasteiger partial charge is 0.255 e. The Morgan fingerprint density at radius 3 is 2.77 bits per heavy atom. The predicted octanol–water partition coefficient (Wildman–Crippen LogP) is 3.62. The van der Waals surface area contributed by atoms with Gasteiger partial charge in [0.05, 0.1) is 17.0 Å². The second kappa shape index (κ2) is 8.03. The van der Waals surface area contributed by atoms with Crippen LogP contribution in [0.3, 0.4) is 0 Å². The normalized spacial score (nSPS) is 12.7. The molecule has 1 N–H and O–H groups in total. The standard InChI is InChI=1S/C17H25N3OS/c1-6-8-10-14(9-7-2)20-11-15(13(3)19-20)16(21)18-17(4,5)12-22/h7-11,22H,2,6,12H2,1,3-5H3,(H,18,21)/b10-8-,14-9+. The predicted molar refractivity (Wildman–Crippen MR) is 96.3 cm³/mol. The summed E-state index contributed by atoms with van der Waals surface area (Å²) < 4.78 is 1.70. The molecule has 0 atom stereocenters. The van der Waals surface area contributed by atoms with E-state index in [1.54, 1.807) is 17.0 Å². The van der Waals surface area contributed by atoms with Gasteiger partial charge in [-0.05, 0) is 39.3 Å². The zero-order valence-corrected chi connectivity index (χ0v) is 14.7. The van der Waals surface area contributed by atoms with Gasteiger partial charge in [0, 0.05) is 17.5 Å². The molecule has 120 valence electrons. The van der Waals surface area contributed by atoms with E-state index >= 15 is 0 Å². The van der Waals surface area contributed by atoms with Gasteiger partial charge in [0.15, 0.2) is 0 Å². The van der Waals surface area contributed by atoms with E-state index in [1.165, 1.54) is 0 Å². The molecule has 4 nitrogen and oxygen atoms in total. The molecule has 1 amide bonds. The molecule has 1 rings (SSSR count). The summed E-state index contributed by atoms with van der Waals surface area (Å²) in [7, 11) is 0. The van der Waals surface area contributed by atoms with Crippen LogP contribution in [-0.4, -0.2) is 27.0 Å². The fraction of sp³-hybridized carbons (Fsp3) is 0.412. The zero-order chi connectivity index (χ0) is 16.8. The van der Waals surface area contributed by atoms with Crippen LogP contribution in [0.2, 0.25) is 0 Å². The maximum atomic E-state index is 12.4. The van der Waals surface area contributed by atoms with Gasteiger partial charge in [-0.15, -0.1) is 0 Å². The highest BCUT2D eigenvalue weighted by Gasteiger charge is 2.22. The molecule has 1 heterocycles. The molecule has 0 spiro atoms. The molecule has 5 heteroatoms. The number of thiol groups is 1. The van der Waals surface area contributed by atoms with Crippen LogP contribution in [0.15, 0.2) is 37.1 Å². The molecule has 0 radical (unpaired) electrons. The first-order valence-electron chi connectivity index (χ1n) is 7.34. The topological polar surface area (TPSA) is 46.9 Å². The van der Waals surface area contributed by atoms with E-state index in [1.807, 2.05) is 39.0 Å². The number of nitrogens with one attached hydrogen (secondary N) is 1. The van der Waals surface area contributed by atoms with Crippen LogP contribution in [-0.2, 0) is 0 Å². The van der Waals surface area contributed by atoms with Crippen molar-refractivity contribution in [3.8, 4) is 0 Å². The summed E-state index contributed by atoms with van der Waals surface area (Å²) in [6.07, 6.45) is 10.2. The summed E-state index contributed by atoms with van der Waals surface area (Å²) in [5, 5.41) is 7.39. The van der Waals surface area contributed by atoms with Crippen molar-refractivity contribution in [3.05, 3.63) is 48.3 Å². The second-order valence-electron chi connectivity index (χ2n) is 5.71. The fourth-order valence-corrected chi connectivity index (χ4v) is 1.88. The highest BCUT2D eigenvalue weighted by molar-refractivity contribution is 7.80. The second-order valence-corrected chi connectivity index (χ2v) is 6.02. The molecule has 0 aliphatic carbocycles. The number of rotatable bonds is 7. The van der Waals surface area contributed by atoms with E-state index in [2.05, 4.69) is 36.5 Å². The van der Waals surface area contributed by atoms with Crippen molar-refractivity contribution in [2.45, 2.75) is 39.7 Å². The third kappa shape index (κ3) is 4.91. The zero-order valence-electron chi connectivity index (χ0n) is 13.8. The lowest BCUT2D eigenvalue weighted by Crippen LogP contribution is -2.45. The van der Waals surface area contributed by atoms with Crippen molar-refractivity contribution < 1.29 is 4.79 Å². The summed E-state index contributed by atoms with van der Waals surface area (Å²) in [6.45, 7) is 11.5. The molecule has 0 aromatic carbocycles. The van der Waals surface area contributed by atoms with Gasteiger partial charge in [-0.1, -0.05) is 25.7 Å². The van der Waals surface area contributed by atoms with Crippen LogP contribution in [0.4, 0.5) is 0 Å². The molecule has 0 fully saturated rings. The first-order chi connectivity index (χ1) is 10.3. The minimum absolute atomic E-state index is 0.139.